The van der Waals surface area contributed by atoms with Crippen LogP contribution in [0.15, 0.2) is 24.3 Å². The third kappa shape index (κ3) is 4.26. The maximum absolute atomic E-state index is 5.92. The number of hydrogen-bond donors (Lipinski definition) is 1. The van der Waals surface area contributed by atoms with Gasteiger partial charge in [-0.25, -0.2) is 9.97 Å². The molecule has 0 aliphatic rings. The first-order valence-corrected chi connectivity index (χ1v) is 7.80. The number of halogens is 1. The molecule has 4 heteroatoms. The Morgan fingerprint density at radius 2 is 1.62 bits per heavy atom. The van der Waals surface area contributed by atoms with Gasteiger partial charge in [0.2, 0.25) is 0 Å². The summed E-state index contributed by atoms with van der Waals surface area (Å²) >= 11 is 5.92. The predicted molar refractivity (Wildman–Crippen MR) is 88.8 cm³/mol. The Labute approximate surface area is 131 Å². The topological polar surface area (TPSA) is 37.8 Å². The minimum Gasteiger partial charge on any atom is -0.316 e. The van der Waals surface area contributed by atoms with Crippen LogP contribution in [-0.2, 0) is 6.42 Å². The normalized spacial score (nSPS) is 10.9. The maximum atomic E-state index is 5.92. The fourth-order valence-corrected chi connectivity index (χ4v) is 2.47. The second kappa shape index (κ2) is 7.53. The smallest absolute Gasteiger partial charge is 0.159 e. The van der Waals surface area contributed by atoms with Gasteiger partial charge in [0.25, 0.3) is 0 Å². The number of nitrogens with one attached hydrogen (secondary N) is 1. The van der Waals surface area contributed by atoms with Gasteiger partial charge in [0.1, 0.15) is 0 Å². The van der Waals surface area contributed by atoms with Gasteiger partial charge in [-0.15, -0.1) is 0 Å². The van der Waals surface area contributed by atoms with E-state index in [1.165, 1.54) is 5.56 Å². The van der Waals surface area contributed by atoms with Crippen molar-refractivity contribution in [3.63, 3.8) is 0 Å². The van der Waals surface area contributed by atoms with E-state index in [1.54, 1.807) is 0 Å². The van der Waals surface area contributed by atoms with E-state index in [4.69, 9.17) is 11.6 Å². The van der Waals surface area contributed by atoms with Crippen molar-refractivity contribution in [1.29, 1.82) is 0 Å². The van der Waals surface area contributed by atoms with E-state index in [0.717, 1.165) is 53.7 Å². The summed E-state index contributed by atoms with van der Waals surface area (Å²) in [6.45, 7) is 8.32. The first-order valence-electron chi connectivity index (χ1n) is 7.42. The molecule has 1 aromatic heterocycles. The molecule has 112 valence electrons. The van der Waals surface area contributed by atoms with E-state index in [1.807, 2.05) is 24.3 Å². The molecule has 0 bridgehead atoms. The highest BCUT2D eigenvalue weighted by Crippen LogP contribution is 2.21. The summed E-state index contributed by atoms with van der Waals surface area (Å²) in [5.41, 5.74) is 4.37. The molecule has 0 fully saturated rings. The molecule has 0 atom stereocenters. The van der Waals surface area contributed by atoms with Crippen molar-refractivity contribution in [3.05, 3.63) is 46.2 Å². The SMILES string of the molecule is CCCNCCc1c(C)nc(-c2ccc(Cl)cc2)nc1C. The molecule has 0 aliphatic carbocycles. The quantitative estimate of drug-likeness (QED) is 0.821. The summed E-state index contributed by atoms with van der Waals surface area (Å²) in [5, 5.41) is 4.15. The van der Waals surface area contributed by atoms with Gasteiger partial charge >= 0.3 is 0 Å². The Morgan fingerprint density at radius 1 is 1.00 bits per heavy atom. The molecule has 0 radical (unpaired) electrons. The average molecular weight is 304 g/mol. The van der Waals surface area contributed by atoms with Crippen LogP contribution in [0.1, 0.15) is 30.3 Å². The molecule has 0 unspecified atom stereocenters. The number of rotatable bonds is 6. The van der Waals surface area contributed by atoms with Crippen molar-refractivity contribution in [1.82, 2.24) is 15.3 Å². The molecule has 0 amide bonds. The van der Waals surface area contributed by atoms with Gasteiger partial charge in [-0.3, -0.25) is 0 Å². The Morgan fingerprint density at radius 3 is 2.19 bits per heavy atom. The molecule has 2 rings (SSSR count). The number of benzene rings is 1. The zero-order valence-corrected chi connectivity index (χ0v) is 13.7. The van der Waals surface area contributed by atoms with Gasteiger partial charge in [-0.1, -0.05) is 18.5 Å². The van der Waals surface area contributed by atoms with E-state index in [2.05, 4.69) is 36.1 Å². The van der Waals surface area contributed by atoms with Crippen molar-refractivity contribution in [3.8, 4) is 11.4 Å². The molecule has 21 heavy (non-hydrogen) atoms. The molecule has 0 saturated heterocycles. The molecule has 0 spiro atoms. The van der Waals surface area contributed by atoms with Crippen LogP contribution in [0.3, 0.4) is 0 Å². The second-order valence-electron chi connectivity index (χ2n) is 5.20. The van der Waals surface area contributed by atoms with Crippen molar-refractivity contribution >= 4 is 11.6 Å². The second-order valence-corrected chi connectivity index (χ2v) is 5.64. The molecule has 3 nitrogen and oxygen atoms in total. The lowest BCUT2D eigenvalue weighted by Crippen LogP contribution is -2.19. The van der Waals surface area contributed by atoms with E-state index < -0.39 is 0 Å². The van der Waals surface area contributed by atoms with Crippen molar-refractivity contribution in [2.45, 2.75) is 33.6 Å². The van der Waals surface area contributed by atoms with E-state index in [0.29, 0.717) is 0 Å². The van der Waals surface area contributed by atoms with Gasteiger partial charge in [-0.05, 0) is 69.6 Å². The highest BCUT2D eigenvalue weighted by molar-refractivity contribution is 6.30. The Balaban J connectivity index is 2.18. The first-order chi connectivity index (χ1) is 10.1. The minimum atomic E-state index is 0.728. The standard InChI is InChI=1S/C17H22ClN3/c1-4-10-19-11-9-16-12(2)20-17(21-13(16)3)14-5-7-15(18)8-6-14/h5-8,19H,4,9-11H2,1-3H3. The minimum absolute atomic E-state index is 0.728. The van der Waals surface area contributed by atoms with Crippen LogP contribution in [0.5, 0.6) is 0 Å². The fourth-order valence-electron chi connectivity index (χ4n) is 2.34. The maximum Gasteiger partial charge on any atom is 0.159 e. The highest BCUT2D eigenvalue weighted by atomic mass is 35.5. The van der Waals surface area contributed by atoms with Gasteiger partial charge in [0, 0.05) is 22.0 Å². The van der Waals surface area contributed by atoms with Crippen LogP contribution in [0.4, 0.5) is 0 Å². The molecule has 2 aromatic rings. The van der Waals surface area contributed by atoms with Crippen molar-refractivity contribution < 1.29 is 0 Å². The summed E-state index contributed by atoms with van der Waals surface area (Å²) < 4.78 is 0. The lowest BCUT2D eigenvalue weighted by Gasteiger charge is -2.11. The zero-order chi connectivity index (χ0) is 15.2. The van der Waals surface area contributed by atoms with Crippen LogP contribution in [0.25, 0.3) is 11.4 Å². The van der Waals surface area contributed by atoms with Crippen molar-refractivity contribution in [2.24, 2.45) is 0 Å². The monoisotopic (exact) mass is 303 g/mol. The number of nitrogens with zero attached hydrogens (tertiary/aromatic N) is 2. The molecule has 0 aliphatic heterocycles. The molecular formula is C17H22ClN3. The summed E-state index contributed by atoms with van der Waals surface area (Å²) in [6.07, 6.45) is 2.13. The van der Waals surface area contributed by atoms with Crippen LogP contribution in [0.2, 0.25) is 5.02 Å². The van der Waals surface area contributed by atoms with Crippen LogP contribution < -0.4 is 5.32 Å². The van der Waals surface area contributed by atoms with Gasteiger partial charge in [-0.2, -0.15) is 0 Å². The van der Waals surface area contributed by atoms with E-state index in [-0.39, 0.29) is 0 Å². The van der Waals surface area contributed by atoms with Crippen LogP contribution >= 0.6 is 11.6 Å². The average Bonchev–Trinajstić information content (AvgIpc) is 2.46. The van der Waals surface area contributed by atoms with Crippen LogP contribution in [0, 0.1) is 13.8 Å². The Kier molecular flexibility index (Phi) is 5.71. The summed E-state index contributed by atoms with van der Waals surface area (Å²) in [7, 11) is 0. The van der Waals surface area contributed by atoms with Crippen LogP contribution in [-0.4, -0.2) is 23.1 Å². The fraction of sp³-hybridized carbons (Fsp3) is 0.412. The lowest BCUT2D eigenvalue weighted by molar-refractivity contribution is 0.666. The lowest BCUT2D eigenvalue weighted by atomic mass is 10.1. The van der Waals surface area contributed by atoms with Gasteiger partial charge in [0.15, 0.2) is 5.82 Å². The third-order valence-corrected chi connectivity index (χ3v) is 3.75. The Bertz CT molecular complexity index is 570. The van der Waals surface area contributed by atoms with Crippen molar-refractivity contribution in [2.75, 3.05) is 13.1 Å². The van der Waals surface area contributed by atoms with Gasteiger partial charge in [0.05, 0.1) is 0 Å². The van der Waals surface area contributed by atoms with E-state index in [9.17, 15) is 0 Å². The molecule has 0 saturated carbocycles. The first kappa shape index (κ1) is 15.9. The van der Waals surface area contributed by atoms with Gasteiger partial charge < -0.3 is 5.32 Å². The largest absolute Gasteiger partial charge is 0.316 e. The number of aromatic nitrogens is 2. The summed E-state index contributed by atoms with van der Waals surface area (Å²) in [4.78, 5) is 9.30. The number of hydrogen-bond acceptors (Lipinski definition) is 3. The number of aryl methyl sites for hydroxylation is 2. The molecular weight excluding hydrogens is 282 g/mol. The molecule has 1 heterocycles. The highest BCUT2D eigenvalue weighted by Gasteiger charge is 2.09. The predicted octanol–water partition coefficient (Wildman–Crippen LogP) is 3.96. The summed E-state index contributed by atoms with van der Waals surface area (Å²) in [5.74, 6) is 0.770. The zero-order valence-electron chi connectivity index (χ0n) is 12.9. The summed E-state index contributed by atoms with van der Waals surface area (Å²) in [6, 6.07) is 7.65. The Hall–Kier alpha value is -1.45. The molecule has 1 N–H and O–H groups in total. The van der Waals surface area contributed by atoms with E-state index >= 15 is 0 Å². The third-order valence-electron chi connectivity index (χ3n) is 3.50. The molecule has 1 aromatic carbocycles.